The van der Waals surface area contributed by atoms with E-state index in [2.05, 4.69) is 15.0 Å². The largest absolute Gasteiger partial charge is 0.437 e. The Morgan fingerprint density at radius 1 is 1.00 bits per heavy atom. The lowest BCUT2D eigenvalue weighted by Crippen LogP contribution is -1.91. The zero-order chi connectivity index (χ0) is 12.4. The van der Waals surface area contributed by atoms with Crippen LogP contribution in [0.15, 0.2) is 48.9 Å². The number of hydrogen-bond donors (Lipinski definition) is 0. The lowest BCUT2D eigenvalue weighted by atomic mass is 10.2. The van der Waals surface area contributed by atoms with Crippen LogP contribution in [0.3, 0.4) is 0 Å². The minimum absolute atomic E-state index is 0.341. The van der Waals surface area contributed by atoms with Gasteiger partial charge in [0.1, 0.15) is 17.0 Å². The van der Waals surface area contributed by atoms with E-state index in [1.807, 2.05) is 30.3 Å². The first-order valence-corrected chi connectivity index (χ1v) is 5.70. The molecule has 1 aromatic carbocycles. The molecule has 0 radical (unpaired) electrons. The third-order valence-corrected chi connectivity index (χ3v) is 2.63. The van der Waals surface area contributed by atoms with Gasteiger partial charge in [-0.25, -0.2) is 9.97 Å². The standard InChI is InChI=1S/C13H8ClN3O/c14-11-7-12(17-8-16-11)18-10-5-1-3-9-4-2-6-15-13(9)10/h1-8H. The molecule has 0 unspecified atom stereocenters. The number of halogens is 1. The van der Waals surface area contributed by atoms with Gasteiger partial charge < -0.3 is 4.74 Å². The van der Waals surface area contributed by atoms with E-state index >= 15 is 0 Å². The van der Waals surface area contributed by atoms with Gasteiger partial charge in [0.25, 0.3) is 0 Å². The van der Waals surface area contributed by atoms with Crippen molar-refractivity contribution in [2.24, 2.45) is 0 Å². The van der Waals surface area contributed by atoms with Gasteiger partial charge >= 0.3 is 0 Å². The number of aromatic nitrogens is 3. The molecule has 3 aromatic rings. The second-order valence-electron chi connectivity index (χ2n) is 3.61. The Morgan fingerprint density at radius 3 is 2.78 bits per heavy atom. The highest BCUT2D eigenvalue weighted by Crippen LogP contribution is 2.27. The number of nitrogens with zero attached hydrogens (tertiary/aromatic N) is 3. The van der Waals surface area contributed by atoms with Crippen LogP contribution in [-0.4, -0.2) is 15.0 Å². The van der Waals surface area contributed by atoms with Gasteiger partial charge in [-0.15, -0.1) is 0 Å². The quantitative estimate of drug-likeness (QED) is 0.660. The van der Waals surface area contributed by atoms with Crippen LogP contribution in [0.1, 0.15) is 0 Å². The SMILES string of the molecule is Clc1cc(Oc2cccc3cccnc23)ncn1. The molecular formula is C13H8ClN3O. The van der Waals surface area contributed by atoms with Crippen molar-refractivity contribution >= 4 is 22.5 Å². The fourth-order valence-corrected chi connectivity index (χ4v) is 1.78. The van der Waals surface area contributed by atoms with Crippen molar-refractivity contribution in [3.63, 3.8) is 0 Å². The van der Waals surface area contributed by atoms with Crippen LogP contribution in [0.4, 0.5) is 0 Å². The summed E-state index contributed by atoms with van der Waals surface area (Å²) in [4.78, 5) is 12.1. The van der Waals surface area contributed by atoms with Crippen molar-refractivity contribution in [3.8, 4) is 11.6 Å². The third kappa shape index (κ3) is 2.10. The van der Waals surface area contributed by atoms with Gasteiger partial charge in [0.2, 0.25) is 5.88 Å². The molecule has 3 rings (SSSR count). The first-order chi connectivity index (χ1) is 8.83. The molecule has 0 amide bonds. The zero-order valence-electron chi connectivity index (χ0n) is 9.25. The Bertz CT molecular complexity index is 697. The molecule has 88 valence electrons. The maximum absolute atomic E-state index is 5.78. The van der Waals surface area contributed by atoms with Gasteiger partial charge in [-0.3, -0.25) is 4.98 Å². The minimum Gasteiger partial charge on any atom is -0.437 e. The number of pyridine rings is 1. The average Bonchev–Trinajstić information content (AvgIpc) is 2.39. The van der Waals surface area contributed by atoms with E-state index in [9.17, 15) is 0 Å². The summed E-state index contributed by atoms with van der Waals surface area (Å²) < 4.78 is 5.67. The maximum atomic E-state index is 5.78. The van der Waals surface area contributed by atoms with Crippen LogP contribution >= 0.6 is 11.6 Å². The topological polar surface area (TPSA) is 47.9 Å². The molecule has 4 nitrogen and oxygen atoms in total. The molecular weight excluding hydrogens is 250 g/mol. The summed E-state index contributed by atoms with van der Waals surface area (Å²) in [6.07, 6.45) is 3.08. The van der Waals surface area contributed by atoms with E-state index in [0.717, 1.165) is 10.9 Å². The van der Waals surface area contributed by atoms with Gasteiger partial charge in [-0.1, -0.05) is 29.8 Å². The predicted molar refractivity (Wildman–Crippen MR) is 68.9 cm³/mol. The summed E-state index contributed by atoms with van der Waals surface area (Å²) >= 11 is 5.78. The van der Waals surface area contributed by atoms with Crippen molar-refractivity contribution < 1.29 is 4.74 Å². The molecule has 0 bridgehead atoms. The first kappa shape index (κ1) is 10.9. The van der Waals surface area contributed by atoms with Crippen molar-refractivity contribution in [1.29, 1.82) is 0 Å². The number of hydrogen-bond acceptors (Lipinski definition) is 4. The summed E-state index contributed by atoms with van der Waals surface area (Å²) in [5, 5.41) is 1.35. The van der Waals surface area contributed by atoms with Gasteiger partial charge in [0, 0.05) is 17.6 Å². The summed E-state index contributed by atoms with van der Waals surface area (Å²) in [6.45, 7) is 0. The average molecular weight is 258 g/mol. The van der Waals surface area contributed by atoms with Crippen LogP contribution in [0, 0.1) is 0 Å². The lowest BCUT2D eigenvalue weighted by Gasteiger charge is -2.06. The van der Waals surface area contributed by atoms with Crippen LogP contribution in [-0.2, 0) is 0 Å². The van der Waals surface area contributed by atoms with Crippen LogP contribution < -0.4 is 4.74 Å². The maximum Gasteiger partial charge on any atom is 0.223 e. The van der Waals surface area contributed by atoms with E-state index in [1.165, 1.54) is 6.33 Å². The number of rotatable bonds is 2. The van der Waals surface area contributed by atoms with Crippen molar-refractivity contribution in [2.75, 3.05) is 0 Å². The van der Waals surface area contributed by atoms with E-state index < -0.39 is 0 Å². The van der Waals surface area contributed by atoms with Crippen molar-refractivity contribution in [1.82, 2.24) is 15.0 Å². The lowest BCUT2D eigenvalue weighted by molar-refractivity contribution is 0.465. The van der Waals surface area contributed by atoms with Gasteiger partial charge in [-0.2, -0.15) is 0 Å². The first-order valence-electron chi connectivity index (χ1n) is 5.32. The van der Waals surface area contributed by atoms with E-state index in [1.54, 1.807) is 12.3 Å². The Hall–Kier alpha value is -2.20. The molecule has 0 aliphatic rings. The molecule has 5 heteroatoms. The van der Waals surface area contributed by atoms with Gasteiger partial charge in [0.15, 0.2) is 5.75 Å². The summed E-state index contributed by atoms with van der Waals surface area (Å²) in [5.74, 6) is 1.04. The third-order valence-electron chi connectivity index (χ3n) is 2.42. The smallest absolute Gasteiger partial charge is 0.223 e. The number of para-hydroxylation sites is 1. The second kappa shape index (κ2) is 4.58. The Morgan fingerprint density at radius 2 is 1.89 bits per heavy atom. The fourth-order valence-electron chi connectivity index (χ4n) is 1.64. The fraction of sp³-hybridized carbons (Fsp3) is 0. The van der Waals surface area contributed by atoms with E-state index in [0.29, 0.717) is 16.8 Å². The molecule has 0 spiro atoms. The van der Waals surface area contributed by atoms with E-state index in [4.69, 9.17) is 16.3 Å². The molecule has 0 saturated carbocycles. The monoisotopic (exact) mass is 257 g/mol. The normalized spacial score (nSPS) is 10.5. The van der Waals surface area contributed by atoms with E-state index in [-0.39, 0.29) is 0 Å². The zero-order valence-corrected chi connectivity index (χ0v) is 10.0. The molecule has 0 fully saturated rings. The molecule has 0 atom stereocenters. The minimum atomic E-state index is 0.341. The van der Waals surface area contributed by atoms with Gasteiger partial charge in [0.05, 0.1) is 0 Å². The highest BCUT2D eigenvalue weighted by atomic mass is 35.5. The molecule has 0 N–H and O–H groups in total. The second-order valence-corrected chi connectivity index (χ2v) is 4.00. The number of benzene rings is 1. The number of fused-ring (bicyclic) bond motifs is 1. The highest BCUT2D eigenvalue weighted by Gasteiger charge is 2.05. The molecule has 0 saturated heterocycles. The summed E-state index contributed by atoms with van der Waals surface area (Å²) in [7, 11) is 0. The predicted octanol–water partition coefficient (Wildman–Crippen LogP) is 3.47. The van der Waals surface area contributed by atoms with Crippen LogP contribution in [0.2, 0.25) is 5.15 Å². The molecule has 18 heavy (non-hydrogen) atoms. The number of ether oxygens (including phenoxy) is 1. The Kier molecular flexibility index (Phi) is 2.78. The molecule has 0 aliphatic carbocycles. The summed E-state index contributed by atoms with van der Waals surface area (Å²) in [6, 6.07) is 11.1. The summed E-state index contributed by atoms with van der Waals surface area (Å²) in [5.41, 5.74) is 0.787. The van der Waals surface area contributed by atoms with Crippen LogP contribution in [0.5, 0.6) is 11.6 Å². The molecule has 0 aliphatic heterocycles. The Labute approximate surface area is 108 Å². The van der Waals surface area contributed by atoms with Crippen molar-refractivity contribution in [2.45, 2.75) is 0 Å². The highest BCUT2D eigenvalue weighted by molar-refractivity contribution is 6.29. The van der Waals surface area contributed by atoms with Crippen LogP contribution in [0.25, 0.3) is 10.9 Å². The molecule has 2 aromatic heterocycles. The van der Waals surface area contributed by atoms with Gasteiger partial charge in [-0.05, 0) is 12.1 Å². The van der Waals surface area contributed by atoms with Crippen molar-refractivity contribution in [3.05, 3.63) is 54.1 Å². The molecule has 2 heterocycles. The Balaban J connectivity index is 2.05.